The van der Waals surface area contributed by atoms with Gasteiger partial charge in [0.05, 0.1) is 25.7 Å². The summed E-state index contributed by atoms with van der Waals surface area (Å²) in [4.78, 5) is 25.8. The Morgan fingerprint density at radius 1 is 0.897 bits per heavy atom. The maximum Gasteiger partial charge on any atom is 0.312 e. The molecule has 3 aromatic carbocycles. The van der Waals surface area contributed by atoms with Crippen LogP contribution in [0.4, 0.5) is 0 Å². The van der Waals surface area contributed by atoms with Crippen LogP contribution in [0.1, 0.15) is 84.8 Å². The van der Waals surface area contributed by atoms with E-state index in [4.69, 9.17) is 18.9 Å². The molecule has 5 rings (SSSR count). The predicted molar refractivity (Wildman–Crippen MR) is 150 cm³/mol. The number of ketones is 1. The number of hydrogen-bond donors (Lipinski definition) is 0. The maximum absolute atomic E-state index is 13.3. The van der Waals surface area contributed by atoms with E-state index in [1.807, 2.05) is 48.5 Å². The Morgan fingerprint density at radius 2 is 1.67 bits per heavy atom. The monoisotopic (exact) mass is 526 g/mol. The predicted octanol–water partition coefficient (Wildman–Crippen LogP) is 7.49. The zero-order valence-corrected chi connectivity index (χ0v) is 22.5. The highest BCUT2D eigenvalue weighted by molar-refractivity contribution is 6.15. The molecule has 0 radical (unpaired) electrons. The first-order valence-corrected chi connectivity index (χ1v) is 13.8. The van der Waals surface area contributed by atoms with Crippen LogP contribution in [0.3, 0.4) is 0 Å². The van der Waals surface area contributed by atoms with Gasteiger partial charge in [-0.25, -0.2) is 0 Å². The summed E-state index contributed by atoms with van der Waals surface area (Å²) >= 11 is 0. The number of hydrogen-bond acceptors (Lipinski definition) is 6. The van der Waals surface area contributed by atoms with Gasteiger partial charge in [0.1, 0.15) is 23.0 Å². The quantitative estimate of drug-likeness (QED) is 0.112. The van der Waals surface area contributed by atoms with E-state index in [0.29, 0.717) is 35.0 Å². The van der Waals surface area contributed by atoms with Crippen LogP contribution in [0.5, 0.6) is 23.0 Å². The van der Waals surface area contributed by atoms with E-state index < -0.39 is 0 Å². The Kier molecular flexibility index (Phi) is 8.30. The number of carbonyl (C=O) groups excluding carboxylic acids is 2. The van der Waals surface area contributed by atoms with Crippen molar-refractivity contribution < 1.29 is 28.5 Å². The van der Waals surface area contributed by atoms with Crippen molar-refractivity contribution in [3.05, 3.63) is 88.7 Å². The molecule has 0 saturated carbocycles. The van der Waals surface area contributed by atoms with Gasteiger partial charge in [-0.15, -0.1) is 0 Å². The highest BCUT2D eigenvalue weighted by Gasteiger charge is 2.38. The summed E-state index contributed by atoms with van der Waals surface area (Å²) in [6, 6.07) is 18.6. The number of rotatable bonds is 11. The Labute approximate surface area is 229 Å². The second kappa shape index (κ2) is 12.2. The first-order chi connectivity index (χ1) is 19.1. The summed E-state index contributed by atoms with van der Waals surface area (Å²) in [6.45, 7) is 2.91. The van der Waals surface area contributed by atoms with E-state index in [-0.39, 0.29) is 29.9 Å². The van der Waals surface area contributed by atoms with Gasteiger partial charge in [0.25, 0.3) is 0 Å². The number of Topliss-reactive ketones (excluding diaryl/α,β-unsaturated/α-hetero) is 1. The van der Waals surface area contributed by atoms with Crippen molar-refractivity contribution in [3.8, 4) is 23.0 Å². The number of unbranched alkanes of at least 4 members (excludes halogenated alkanes) is 5. The third-order valence-corrected chi connectivity index (χ3v) is 7.25. The molecule has 2 aliphatic rings. The van der Waals surface area contributed by atoms with Gasteiger partial charge in [0.15, 0.2) is 5.76 Å². The van der Waals surface area contributed by atoms with Gasteiger partial charge in [-0.05, 0) is 48.4 Å². The van der Waals surface area contributed by atoms with Crippen molar-refractivity contribution in [2.45, 2.75) is 57.8 Å². The van der Waals surface area contributed by atoms with E-state index in [2.05, 4.69) is 6.92 Å². The van der Waals surface area contributed by atoms with E-state index in [0.717, 1.165) is 23.3 Å². The molecular weight excluding hydrogens is 492 g/mol. The molecule has 6 nitrogen and oxygen atoms in total. The lowest BCUT2D eigenvalue weighted by Gasteiger charge is -2.26. The van der Waals surface area contributed by atoms with Crippen LogP contribution < -0.4 is 18.9 Å². The molecule has 2 aliphatic heterocycles. The van der Waals surface area contributed by atoms with Gasteiger partial charge in [0, 0.05) is 17.0 Å². The summed E-state index contributed by atoms with van der Waals surface area (Å²) in [5, 5.41) is 0. The molecule has 202 valence electrons. The van der Waals surface area contributed by atoms with E-state index in [9.17, 15) is 9.59 Å². The summed E-state index contributed by atoms with van der Waals surface area (Å²) in [7, 11) is 1.59. The number of carbonyl (C=O) groups is 2. The molecule has 0 fully saturated rings. The van der Waals surface area contributed by atoms with Crippen molar-refractivity contribution in [2.75, 3.05) is 13.7 Å². The lowest BCUT2D eigenvalue weighted by molar-refractivity contribution is -0.135. The summed E-state index contributed by atoms with van der Waals surface area (Å²) in [5.74, 6) is 1.68. The fourth-order valence-corrected chi connectivity index (χ4v) is 5.19. The SMILES string of the molecule is CCCCCCCCOc1ccc([C@H]2CC(=O)Oc3ccc4c(c32)O/C(=C\c2ccccc2OC)C4=O)cc1. The topological polar surface area (TPSA) is 71.1 Å². The average molecular weight is 527 g/mol. The Morgan fingerprint density at radius 3 is 2.46 bits per heavy atom. The number of esters is 1. The van der Waals surface area contributed by atoms with E-state index in [1.165, 1.54) is 32.1 Å². The third-order valence-electron chi connectivity index (χ3n) is 7.25. The van der Waals surface area contributed by atoms with E-state index in [1.54, 1.807) is 25.3 Å². The minimum absolute atomic E-state index is 0.157. The highest BCUT2D eigenvalue weighted by atomic mass is 16.5. The Bertz CT molecular complexity index is 1370. The summed E-state index contributed by atoms with van der Waals surface area (Å²) < 4.78 is 23.1. The van der Waals surface area contributed by atoms with Gasteiger partial charge in [-0.2, -0.15) is 0 Å². The molecule has 0 aromatic heterocycles. The molecule has 0 saturated heterocycles. The molecular formula is C33H34O6. The van der Waals surface area contributed by atoms with Crippen molar-refractivity contribution in [1.82, 2.24) is 0 Å². The number of para-hydroxylation sites is 1. The van der Waals surface area contributed by atoms with Gasteiger partial charge in [-0.3, -0.25) is 9.59 Å². The third kappa shape index (κ3) is 5.85. The normalized spacial score (nSPS) is 16.9. The fourth-order valence-electron chi connectivity index (χ4n) is 5.19. The van der Waals surface area contributed by atoms with E-state index >= 15 is 0 Å². The number of fused-ring (bicyclic) bond motifs is 3. The molecule has 6 heteroatoms. The Hall–Kier alpha value is -4.06. The van der Waals surface area contributed by atoms with Crippen molar-refractivity contribution in [2.24, 2.45) is 0 Å². The molecule has 3 aromatic rings. The second-order valence-electron chi connectivity index (χ2n) is 9.95. The molecule has 0 N–H and O–H groups in total. The van der Waals surface area contributed by atoms with Crippen LogP contribution in [0, 0.1) is 0 Å². The lowest BCUT2D eigenvalue weighted by atomic mass is 9.84. The zero-order chi connectivity index (χ0) is 27.2. The van der Waals surface area contributed by atoms with Gasteiger partial charge in [0.2, 0.25) is 5.78 Å². The number of ether oxygens (including phenoxy) is 4. The minimum atomic E-state index is -0.315. The van der Waals surface area contributed by atoms with Crippen LogP contribution >= 0.6 is 0 Å². The highest BCUT2D eigenvalue weighted by Crippen LogP contribution is 2.49. The first kappa shape index (κ1) is 26.5. The van der Waals surface area contributed by atoms with Crippen LogP contribution in [-0.2, 0) is 4.79 Å². The van der Waals surface area contributed by atoms with Gasteiger partial charge >= 0.3 is 5.97 Å². The van der Waals surface area contributed by atoms with Crippen LogP contribution in [0.25, 0.3) is 6.08 Å². The molecule has 0 unspecified atom stereocenters. The van der Waals surface area contributed by atoms with Gasteiger partial charge < -0.3 is 18.9 Å². The minimum Gasteiger partial charge on any atom is -0.496 e. The molecule has 2 heterocycles. The molecule has 0 bridgehead atoms. The molecule has 0 amide bonds. The number of methoxy groups -OCH3 is 1. The van der Waals surface area contributed by atoms with Crippen molar-refractivity contribution in [1.29, 1.82) is 0 Å². The fraction of sp³-hybridized carbons (Fsp3) is 0.333. The standard InChI is InChI=1S/C33H34O6/c1-3-4-5-6-7-10-19-37-24-15-13-22(14-16-24)26-21-30(34)38-28-18-17-25-32(35)29(39-33(25)31(26)28)20-23-11-8-9-12-27(23)36-2/h8-9,11-18,20,26H,3-7,10,19,21H2,1-2H3/b29-20-/t26-/m1/s1. The van der Waals surface area contributed by atoms with Crippen LogP contribution in [-0.4, -0.2) is 25.5 Å². The van der Waals surface area contributed by atoms with Crippen LogP contribution in [0.15, 0.2) is 66.4 Å². The molecule has 0 aliphatic carbocycles. The zero-order valence-electron chi connectivity index (χ0n) is 22.5. The van der Waals surface area contributed by atoms with Crippen molar-refractivity contribution >= 4 is 17.8 Å². The molecule has 1 atom stereocenters. The molecule has 39 heavy (non-hydrogen) atoms. The number of allylic oxidation sites excluding steroid dienone is 1. The largest absolute Gasteiger partial charge is 0.496 e. The maximum atomic E-state index is 13.3. The number of benzene rings is 3. The smallest absolute Gasteiger partial charge is 0.312 e. The summed E-state index contributed by atoms with van der Waals surface area (Å²) in [5.41, 5.74) is 2.84. The molecule has 0 spiro atoms. The second-order valence-corrected chi connectivity index (χ2v) is 9.95. The van der Waals surface area contributed by atoms with Gasteiger partial charge in [-0.1, -0.05) is 69.4 Å². The lowest BCUT2D eigenvalue weighted by Crippen LogP contribution is -2.21. The Balaban J connectivity index is 1.36. The summed E-state index contributed by atoms with van der Waals surface area (Å²) in [6.07, 6.45) is 9.13. The average Bonchev–Trinajstić information content (AvgIpc) is 3.27. The van der Waals surface area contributed by atoms with Crippen LogP contribution in [0.2, 0.25) is 0 Å². The van der Waals surface area contributed by atoms with Crippen molar-refractivity contribution in [3.63, 3.8) is 0 Å². The first-order valence-electron chi connectivity index (χ1n) is 13.8.